The van der Waals surface area contributed by atoms with Gasteiger partial charge in [-0.3, -0.25) is 4.79 Å². The molecule has 90 valence electrons. The van der Waals surface area contributed by atoms with Crippen molar-refractivity contribution in [2.24, 2.45) is 0 Å². The first-order valence-electron chi connectivity index (χ1n) is 5.34. The number of halogens is 1. The van der Waals surface area contributed by atoms with E-state index in [2.05, 4.69) is 0 Å². The lowest BCUT2D eigenvalue weighted by molar-refractivity contribution is 0.0695. The summed E-state index contributed by atoms with van der Waals surface area (Å²) in [6, 6.07) is 2.41. The largest absolute Gasteiger partial charge is 0.477 e. The van der Waals surface area contributed by atoms with Gasteiger partial charge in [0.05, 0.1) is 10.9 Å². The lowest BCUT2D eigenvalue weighted by Gasteiger charge is -2.16. The van der Waals surface area contributed by atoms with Crippen LogP contribution < -0.4 is 5.43 Å². The number of aromatic carboxylic acids is 1. The predicted molar refractivity (Wildman–Crippen MR) is 64.2 cm³/mol. The molecule has 3 rings (SSSR count). The van der Waals surface area contributed by atoms with Crippen LogP contribution in [-0.4, -0.2) is 15.6 Å². The van der Waals surface area contributed by atoms with E-state index in [1.807, 2.05) is 0 Å². The van der Waals surface area contributed by atoms with Crippen LogP contribution in [0.15, 0.2) is 29.2 Å². The average molecular weight is 245 g/mol. The number of carbonyl (C=O) groups is 1. The molecule has 1 aromatic carbocycles. The Morgan fingerprint density at radius 3 is 2.89 bits per heavy atom. The van der Waals surface area contributed by atoms with E-state index >= 15 is 0 Å². The summed E-state index contributed by atoms with van der Waals surface area (Å²) in [6.45, 7) is 0.468. The second-order valence-electron chi connectivity index (χ2n) is 4.12. The Morgan fingerprint density at radius 1 is 1.39 bits per heavy atom. The van der Waals surface area contributed by atoms with Gasteiger partial charge in [-0.1, -0.05) is 12.2 Å². The van der Waals surface area contributed by atoms with Crippen molar-refractivity contribution in [3.8, 4) is 0 Å². The molecule has 1 aromatic heterocycles. The van der Waals surface area contributed by atoms with Gasteiger partial charge in [0, 0.05) is 18.3 Å². The van der Waals surface area contributed by atoms with E-state index in [-0.39, 0.29) is 10.9 Å². The van der Waals surface area contributed by atoms with Crippen LogP contribution in [-0.2, 0) is 6.54 Å². The van der Waals surface area contributed by atoms with Crippen LogP contribution in [0.5, 0.6) is 0 Å². The zero-order valence-corrected chi connectivity index (χ0v) is 9.18. The number of hydrogen-bond donors (Lipinski definition) is 1. The lowest BCUT2D eigenvalue weighted by atomic mass is 10.0. The molecule has 0 saturated heterocycles. The summed E-state index contributed by atoms with van der Waals surface area (Å²) in [6.07, 6.45) is 4.82. The minimum atomic E-state index is -1.30. The van der Waals surface area contributed by atoms with Gasteiger partial charge in [-0.25, -0.2) is 9.18 Å². The van der Waals surface area contributed by atoms with E-state index in [1.165, 1.54) is 12.3 Å². The summed E-state index contributed by atoms with van der Waals surface area (Å²) < 4.78 is 15.1. The second kappa shape index (κ2) is 3.53. The van der Waals surface area contributed by atoms with E-state index in [0.29, 0.717) is 17.6 Å². The molecule has 5 heteroatoms. The first-order chi connectivity index (χ1) is 8.58. The molecule has 0 radical (unpaired) electrons. The number of pyridine rings is 1. The number of rotatable bonds is 1. The molecule has 0 atom stereocenters. The van der Waals surface area contributed by atoms with Crippen LogP contribution in [0.2, 0.25) is 0 Å². The van der Waals surface area contributed by atoms with Crippen LogP contribution in [0.4, 0.5) is 4.39 Å². The Hall–Kier alpha value is -2.43. The highest BCUT2D eigenvalue weighted by atomic mass is 19.1. The van der Waals surface area contributed by atoms with Gasteiger partial charge in [0.1, 0.15) is 11.4 Å². The molecule has 1 N–H and O–H groups in total. The van der Waals surface area contributed by atoms with Crippen LogP contribution in [0.1, 0.15) is 15.9 Å². The second-order valence-corrected chi connectivity index (χ2v) is 4.12. The maximum atomic E-state index is 13.4. The molecule has 2 heterocycles. The summed E-state index contributed by atoms with van der Waals surface area (Å²) >= 11 is 0. The van der Waals surface area contributed by atoms with E-state index in [4.69, 9.17) is 5.11 Å². The first kappa shape index (κ1) is 10.7. The minimum absolute atomic E-state index is 0.106. The van der Waals surface area contributed by atoms with Crippen molar-refractivity contribution in [1.82, 2.24) is 4.57 Å². The number of nitrogens with zero attached hydrogens (tertiary/aromatic N) is 1. The van der Waals surface area contributed by atoms with Crippen LogP contribution >= 0.6 is 0 Å². The Kier molecular flexibility index (Phi) is 2.10. The van der Waals surface area contributed by atoms with E-state index in [0.717, 1.165) is 6.07 Å². The molecule has 0 bridgehead atoms. The third-order valence-electron chi connectivity index (χ3n) is 3.00. The van der Waals surface area contributed by atoms with E-state index in [1.54, 1.807) is 16.7 Å². The average Bonchev–Trinajstić information content (AvgIpc) is 2.32. The van der Waals surface area contributed by atoms with Crippen LogP contribution in [0.25, 0.3) is 17.0 Å². The van der Waals surface area contributed by atoms with Gasteiger partial charge in [-0.2, -0.15) is 0 Å². The van der Waals surface area contributed by atoms with Gasteiger partial charge >= 0.3 is 5.97 Å². The SMILES string of the molecule is O=C(O)c1cn2c3c(cc(F)cc3c1=O)C=CC2. The molecule has 0 spiro atoms. The van der Waals surface area contributed by atoms with Crippen molar-refractivity contribution in [2.75, 3.05) is 0 Å². The number of benzene rings is 1. The molecule has 18 heavy (non-hydrogen) atoms. The van der Waals surface area contributed by atoms with Crippen molar-refractivity contribution < 1.29 is 14.3 Å². The number of carboxylic acids is 1. The molecule has 0 aliphatic carbocycles. The molecular weight excluding hydrogens is 237 g/mol. The topological polar surface area (TPSA) is 59.3 Å². The third-order valence-corrected chi connectivity index (χ3v) is 3.00. The molecule has 1 aliphatic rings. The van der Waals surface area contributed by atoms with Crippen molar-refractivity contribution in [2.45, 2.75) is 6.54 Å². The summed E-state index contributed by atoms with van der Waals surface area (Å²) in [5.74, 6) is -1.85. The molecule has 0 amide bonds. The van der Waals surface area contributed by atoms with E-state index in [9.17, 15) is 14.0 Å². The molecule has 0 saturated carbocycles. The number of carboxylic acid groups (broad SMARTS) is 1. The van der Waals surface area contributed by atoms with Gasteiger partial charge in [0.2, 0.25) is 5.43 Å². The standard InChI is InChI=1S/C13H8FNO3/c14-8-4-7-2-1-3-15-6-10(13(17)18)12(16)9(5-8)11(7)15/h1-2,4-6H,3H2,(H,17,18). The zero-order chi connectivity index (χ0) is 12.9. The molecular formula is C13H8FNO3. The van der Waals surface area contributed by atoms with Crippen LogP contribution in [0, 0.1) is 5.82 Å². The molecule has 4 nitrogen and oxygen atoms in total. The fraction of sp³-hybridized carbons (Fsp3) is 0.0769. The van der Waals surface area contributed by atoms with Crippen LogP contribution in [0.3, 0.4) is 0 Å². The summed E-state index contributed by atoms with van der Waals surface area (Å²) in [4.78, 5) is 23.0. The normalized spacial score (nSPS) is 12.9. The highest BCUT2D eigenvalue weighted by molar-refractivity contribution is 5.95. The number of aromatic nitrogens is 1. The Labute approximate surface area is 101 Å². The fourth-order valence-electron chi connectivity index (χ4n) is 2.25. The molecule has 0 unspecified atom stereocenters. The Morgan fingerprint density at radius 2 is 2.17 bits per heavy atom. The third kappa shape index (κ3) is 1.37. The Balaban J connectivity index is 2.56. The first-order valence-corrected chi connectivity index (χ1v) is 5.34. The van der Waals surface area contributed by atoms with Gasteiger partial charge in [0.15, 0.2) is 0 Å². The van der Waals surface area contributed by atoms with Gasteiger partial charge in [0.25, 0.3) is 0 Å². The smallest absolute Gasteiger partial charge is 0.341 e. The number of hydrogen-bond acceptors (Lipinski definition) is 2. The van der Waals surface area contributed by atoms with Gasteiger partial charge < -0.3 is 9.67 Å². The van der Waals surface area contributed by atoms with Gasteiger partial charge in [-0.05, 0) is 12.1 Å². The quantitative estimate of drug-likeness (QED) is 0.834. The monoisotopic (exact) mass is 245 g/mol. The highest BCUT2D eigenvalue weighted by Crippen LogP contribution is 2.23. The minimum Gasteiger partial charge on any atom is -0.477 e. The summed E-state index contributed by atoms with van der Waals surface area (Å²) in [7, 11) is 0. The Bertz CT molecular complexity index is 774. The molecule has 0 fully saturated rings. The van der Waals surface area contributed by atoms with Crippen molar-refractivity contribution in [3.63, 3.8) is 0 Å². The van der Waals surface area contributed by atoms with Crippen molar-refractivity contribution in [3.05, 3.63) is 51.6 Å². The van der Waals surface area contributed by atoms with Gasteiger partial charge in [-0.15, -0.1) is 0 Å². The summed E-state index contributed by atoms with van der Waals surface area (Å²) in [5, 5.41) is 9.08. The highest BCUT2D eigenvalue weighted by Gasteiger charge is 2.18. The summed E-state index contributed by atoms with van der Waals surface area (Å²) in [5.41, 5.74) is 0.179. The maximum Gasteiger partial charge on any atom is 0.341 e. The predicted octanol–water partition coefficient (Wildman–Crippen LogP) is 1.87. The molecule has 1 aliphatic heterocycles. The number of allylic oxidation sites excluding steroid dienone is 1. The van der Waals surface area contributed by atoms with E-state index < -0.39 is 17.2 Å². The molecule has 2 aromatic rings. The van der Waals surface area contributed by atoms with Crippen molar-refractivity contribution in [1.29, 1.82) is 0 Å². The maximum absolute atomic E-state index is 13.4. The fourth-order valence-corrected chi connectivity index (χ4v) is 2.25. The zero-order valence-electron chi connectivity index (χ0n) is 9.18. The lowest BCUT2D eigenvalue weighted by Crippen LogP contribution is -2.20. The van der Waals surface area contributed by atoms with Crippen molar-refractivity contribution >= 4 is 22.9 Å².